The fraction of sp³-hybridized carbons (Fsp3) is 0.286. The van der Waals surface area contributed by atoms with Crippen molar-refractivity contribution < 1.29 is 19.5 Å². The highest BCUT2D eigenvalue weighted by atomic mass is 16.4. The number of benzene rings is 4. The van der Waals surface area contributed by atoms with Crippen LogP contribution in [-0.4, -0.2) is 46.6 Å². The predicted octanol–water partition coefficient (Wildman–Crippen LogP) is 4.68. The highest BCUT2D eigenvalue weighted by Crippen LogP contribution is 2.17. The molecule has 4 aromatic rings. The average molecular weight is 566 g/mol. The molecule has 4 aromatic carbocycles. The summed E-state index contributed by atoms with van der Waals surface area (Å²) in [6.45, 7) is 5.95. The summed E-state index contributed by atoms with van der Waals surface area (Å²) in [5.41, 5.74) is 2.27. The average Bonchev–Trinajstić information content (AvgIpc) is 2.96. The number of amides is 2. The van der Waals surface area contributed by atoms with E-state index in [1.54, 1.807) is 0 Å². The van der Waals surface area contributed by atoms with Gasteiger partial charge in [-0.1, -0.05) is 103 Å². The molecule has 218 valence electrons. The summed E-state index contributed by atoms with van der Waals surface area (Å²) in [5.74, 6) is -2.02. The second-order valence-corrected chi connectivity index (χ2v) is 11.7. The van der Waals surface area contributed by atoms with Crippen LogP contribution in [-0.2, 0) is 33.6 Å². The Morgan fingerprint density at radius 1 is 0.595 bits per heavy atom. The van der Waals surface area contributed by atoms with E-state index in [0.29, 0.717) is 6.42 Å². The molecule has 7 nitrogen and oxygen atoms in total. The van der Waals surface area contributed by atoms with E-state index in [2.05, 4.69) is 16.0 Å². The molecular weight excluding hydrogens is 526 g/mol. The number of fused-ring (bicyclic) bond motifs is 1. The Kier molecular flexibility index (Phi) is 10.1. The van der Waals surface area contributed by atoms with Crippen molar-refractivity contribution in [3.63, 3.8) is 0 Å². The molecule has 0 fully saturated rings. The van der Waals surface area contributed by atoms with Crippen LogP contribution in [0.25, 0.3) is 10.8 Å². The van der Waals surface area contributed by atoms with Gasteiger partial charge in [-0.2, -0.15) is 0 Å². The molecule has 0 spiro atoms. The van der Waals surface area contributed by atoms with E-state index in [4.69, 9.17) is 0 Å². The number of carboxylic acid groups (broad SMARTS) is 1. The molecular formula is C35H39N3O4. The van der Waals surface area contributed by atoms with Gasteiger partial charge in [0.2, 0.25) is 11.8 Å². The van der Waals surface area contributed by atoms with Crippen molar-refractivity contribution in [2.45, 2.75) is 63.7 Å². The monoisotopic (exact) mass is 565 g/mol. The van der Waals surface area contributed by atoms with Crippen molar-refractivity contribution in [2.24, 2.45) is 0 Å². The SMILES string of the molecule is CC(C)(C)N[C@H](Cc1ccccc1)C(=O)N[C@H](Cc1ccccc1)C(=O)N[C@H](Cc1ccc2ccccc2c1)C(=O)O. The number of carboxylic acids is 1. The summed E-state index contributed by atoms with van der Waals surface area (Å²) in [7, 11) is 0. The third-order valence-electron chi connectivity index (χ3n) is 6.99. The number of hydrogen-bond acceptors (Lipinski definition) is 4. The molecule has 42 heavy (non-hydrogen) atoms. The Morgan fingerprint density at radius 2 is 1.07 bits per heavy atom. The predicted molar refractivity (Wildman–Crippen MR) is 166 cm³/mol. The van der Waals surface area contributed by atoms with E-state index in [1.807, 2.05) is 124 Å². The Bertz CT molecular complexity index is 1500. The highest BCUT2D eigenvalue weighted by molar-refractivity contribution is 5.92. The zero-order valence-corrected chi connectivity index (χ0v) is 24.3. The first-order valence-corrected chi connectivity index (χ1v) is 14.2. The smallest absolute Gasteiger partial charge is 0.326 e. The molecule has 0 aliphatic rings. The van der Waals surface area contributed by atoms with Crippen molar-refractivity contribution in [2.75, 3.05) is 0 Å². The van der Waals surface area contributed by atoms with Crippen molar-refractivity contribution >= 4 is 28.6 Å². The molecule has 0 saturated heterocycles. The lowest BCUT2D eigenvalue weighted by atomic mass is 9.99. The normalized spacial score (nSPS) is 13.6. The van der Waals surface area contributed by atoms with Crippen molar-refractivity contribution in [1.82, 2.24) is 16.0 Å². The lowest BCUT2D eigenvalue weighted by molar-refractivity contribution is -0.142. The van der Waals surface area contributed by atoms with Crippen molar-refractivity contribution in [3.05, 3.63) is 120 Å². The van der Waals surface area contributed by atoms with Gasteiger partial charge in [0.1, 0.15) is 12.1 Å². The van der Waals surface area contributed by atoms with Gasteiger partial charge in [0.15, 0.2) is 0 Å². The molecule has 0 radical (unpaired) electrons. The number of rotatable bonds is 12. The molecule has 0 aliphatic heterocycles. The quantitative estimate of drug-likeness (QED) is 0.200. The molecule has 2 amide bonds. The van der Waals surface area contributed by atoms with Crippen LogP contribution in [0.4, 0.5) is 0 Å². The zero-order chi connectivity index (χ0) is 30.1. The molecule has 0 unspecified atom stereocenters. The van der Waals surface area contributed by atoms with E-state index in [1.165, 1.54) is 0 Å². The number of nitrogens with one attached hydrogen (secondary N) is 3. The fourth-order valence-electron chi connectivity index (χ4n) is 4.99. The second-order valence-electron chi connectivity index (χ2n) is 11.7. The van der Waals surface area contributed by atoms with Crippen LogP contribution in [0.5, 0.6) is 0 Å². The van der Waals surface area contributed by atoms with Gasteiger partial charge in [-0.05, 0) is 54.7 Å². The molecule has 4 N–H and O–H groups in total. The third kappa shape index (κ3) is 9.01. The van der Waals surface area contributed by atoms with Crippen LogP contribution in [0.1, 0.15) is 37.5 Å². The van der Waals surface area contributed by atoms with Crippen molar-refractivity contribution in [1.29, 1.82) is 0 Å². The van der Waals surface area contributed by atoms with Gasteiger partial charge in [-0.3, -0.25) is 9.59 Å². The van der Waals surface area contributed by atoms with Crippen LogP contribution in [0.2, 0.25) is 0 Å². The molecule has 0 heterocycles. The van der Waals surface area contributed by atoms with Gasteiger partial charge < -0.3 is 21.1 Å². The van der Waals surface area contributed by atoms with Gasteiger partial charge in [0.25, 0.3) is 0 Å². The third-order valence-corrected chi connectivity index (χ3v) is 6.99. The van der Waals surface area contributed by atoms with Gasteiger partial charge >= 0.3 is 5.97 Å². The lowest BCUT2D eigenvalue weighted by Gasteiger charge is -2.30. The minimum atomic E-state index is -1.17. The van der Waals surface area contributed by atoms with E-state index in [9.17, 15) is 19.5 Å². The first kappa shape index (κ1) is 30.5. The standard InChI is InChI=1S/C35H39N3O4/c1-35(2,3)38-30(22-25-14-8-5-9-15-25)33(40)36-29(21-24-12-6-4-7-13-24)32(39)37-31(34(41)42)23-26-18-19-27-16-10-11-17-28(27)20-26/h4-20,29-31,38H,21-23H2,1-3H3,(H,36,40)(H,37,39)(H,41,42)/t29-,30-,31-/m1/s1. The molecule has 3 atom stereocenters. The van der Waals surface area contributed by atoms with Gasteiger partial charge in [0, 0.05) is 18.4 Å². The lowest BCUT2D eigenvalue weighted by Crippen LogP contribution is -2.58. The van der Waals surface area contributed by atoms with Gasteiger partial charge in [0.05, 0.1) is 6.04 Å². The summed E-state index contributed by atoms with van der Waals surface area (Å²) in [4.78, 5) is 39.6. The molecule has 0 saturated carbocycles. The van der Waals surface area contributed by atoms with Gasteiger partial charge in [-0.25, -0.2) is 4.79 Å². The maximum Gasteiger partial charge on any atom is 0.326 e. The van der Waals surface area contributed by atoms with Crippen LogP contribution in [0, 0.1) is 0 Å². The molecule has 0 aromatic heterocycles. The van der Waals surface area contributed by atoms with Gasteiger partial charge in [-0.15, -0.1) is 0 Å². The summed E-state index contributed by atoms with van der Waals surface area (Å²) >= 11 is 0. The minimum absolute atomic E-state index is 0.111. The Balaban J connectivity index is 1.54. The second kappa shape index (κ2) is 13.9. The van der Waals surface area contributed by atoms with E-state index >= 15 is 0 Å². The van der Waals surface area contributed by atoms with E-state index < -0.39 is 30.0 Å². The number of carbonyl (C=O) groups is 3. The van der Waals surface area contributed by atoms with Crippen LogP contribution in [0.3, 0.4) is 0 Å². The molecule has 7 heteroatoms. The maximum atomic E-state index is 13.7. The molecule has 4 rings (SSSR count). The van der Waals surface area contributed by atoms with Crippen molar-refractivity contribution in [3.8, 4) is 0 Å². The molecule has 0 aliphatic carbocycles. The number of hydrogen-bond donors (Lipinski definition) is 4. The molecule has 0 bridgehead atoms. The van der Waals surface area contributed by atoms with Crippen LogP contribution >= 0.6 is 0 Å². The summed E-state index contributed by atoms with van der Waals surface area (Å²) in [6, 6.07) is 29.9. The number of aliphatic carboxylic acids is 1. The number of carbonyl (C=O) groups excluding carboxylic acids is 2. The summed E-state index contributed by atoms with van der Waals surface area (Å²) in [6.07, 6.45) is 0.762. The summed E-state index contributed by atoms with van der Waals surface area (Å²) < 4.78 is 0. The van der Waals surface area contributed by atoms with E-state index in [0.717, 1.165) is 27.5 Å². The maximum absolute atomic E-state index is 13.7. The Morgan fingerprint density at radius 3 is 1.64 bits per heavy atom. The first-order chi connectivity index (χ1) is 20.1. The zero-order valence-electron chi connectivity index (χ0n) is 24.3. The Labute approximate surface area is 247 Å². The topological polar surface area (TPSA) is 108 Å². The largest absolute Gasteiger partial charge is 0.480 e. The van der Waals surface area contributed by atoms with Crippen LogP contribution in [0.15, 0.2) is 103 Å². The summed E-state index contributed by atoms with van der Waals surface area (Å²) in [5, 5.41) is 21.1. The first-order valence-electron chi connectivity index (χ1n) is 14.2. The fourth-order valence-corrected chi connectivity index (χ4v) is 4.99. The Hall–Kier alpha value is -4.49. The highest BCUT2D eigenvalue weighted by Gasteiger charge is 2.31. The minimum Gasteiger partial charge on any atom is -0.480 e. The van der Waals surface area contributed by atoms with Crippen LogP contribution < -0.4 is 16.0 Å². The van der Waals surface area contributed by atoms with E-state index in [-0.39, 0.29) is 24.3 Å².